The van der Waals surface area contributed by atoms with Gasteiger partial charge in [-0.1, -0.05) is 20.8 Å². The van der Waals surface area contributed by atoms with Gasteiger partial charge in [0.05, 0.1) is 39.6 Å². The third kappa shape index (κ3) is 25.0. The number of ether oxygens (including phenoxy) is 6. The summed E-state index contributed by atoms with van der Waals surface area (Å²) in [6.45, 7) is 18.7. The van der Waals surface area contributed by atoms with Gasteiger partial charge < -0.3 is 33.3 Å². The maximum atomic E-state index is 12.1. The van der Waals surface area contributed by atoms with Crippen LogP contribution in [-0.4, -0.2) is 108 Å². The molecule has 0 fully saturated rings. The van der Waals surface area contributed by atoms with Gasteiger partial charge >= 0.3 is 0 Å². The summed E-state index contributed by atoms with van der Waals surface area (Å²) in [4.78, 5) is 50.6. The molecule has 1 unspecified atom stereocenters. The number of carbonyl (C=O) groups excluding carboxylic acids is 4. The maximum Gasteiger partial charge on any atom is 0.232 e. The monoisotopic (exact) mass is 613 g/mol. The predicted octanol–water partition coefficient (Wildman–Crippen LogP) is 4.23. The van der Waals surface area contributed by atoms with Gasteiger partial charge in [0.1, 0.15) is 25.6 Å². The summed E-state index contributed by atoms with van der Waals surface area (Å²) < 4.78 is 32.1. The molecule has 0 rings (SSSR count). The van der Waals surface area contributed by atoms with Gasteiger partial charge in [0.15, 0.2) is 17.3 Å². The van der Waals surface area contributed by atoms with Gasteiger partial charge in [-0.15, -0.1) is 0 Å². The molecule has 0 aliphatic heterocycles. The van der Waals surface area contributed by atoms with Gasteiger partial charge in [0.2, 0.25) is 5.54 Å². The van der Waals surface area contributed by atoms with Crippen LogP contribution in [0.1, 0.15) is 85.5 Å². The first-order chi connectivity index (χ1) is 20.6. The topological polar surface area (TPSA) is 128 Å². The second kappa shape index (κ2) is 27.5. The van der Waals surface area contributed by atoms with Crippen LogP contribution in [0.5, 0.6) is 0 Å². The zero-order valence-corrected chi connectivity index (χ0v) is 27.0. The molecule has 11 nitrogen and oxygen atoms in total. The highest BCUT2D eigenvalue weighted by molar-refractivity contribution is 5.80. The maximum absolute atomic E-state index is 12.1. The van der Waals surface area contributed by atoms with E-state index < -0.39 is 5.54 Å². The summed E-state index contributed by atoms with van der Waals surface area (Å²) >= 11 is 0. The second-order valence-electron chi connectivity index (χ2n) is 10.9. The summed E-state index contributed by atoms with van der Waals surface area (Å²) in [5, 5.41) is 0. The lowest BCUT2D eigenvalue weighted by Gasteiger charge is -2.20. The van der Waals surface area contributed by atoms with Crippen molar-refractivity contribution in [2.24, 2.45) is 5.92 Å². The highest BCUT2D eigenvalue weighted by atomic mass is 16.5. The third-order valence-electron chi connectivity index (χ3n) is 6.94. The Hall–Kier alpha value is -2.07. The van der Waals surface area contributed by atoms with E-state index >= 15 is 0 Å². The van der Waals surface area contributed by atoms with E-state index in [1.165, 1.54) is 0 Å². The Kier molecular flexibility index (Phi) is 26.2. The largest absolute Gasteiger partial charge is 0.379 e. The Balaban J connectivity index is 3.45. The SMILES string of the molecule is [C-]#[N+]C(C)(CCC(=O)CCCOCCOCC(=O)CCCOCCOCC(=O)CCCOCCOCC(=O)CC)C(C)C. The summed E-state index contributed by atoms with van der Waals surface area (Å²) in [5.41, 5.74) is -0.486. The molecule has 0 aromatic rings. The molecule has 248 valence electrons. The number of hydrogen-bond donors (Lipinski definition) is 0. The Morgan fingerprint density at radius 2 is 0.953 bits per heavy atom. The standard InChI is InChI=1S/C32H55NO10/c1-6-28(34)24-41-21-18-39-16-8-11-30(36)26-43-23-20-40-17-9-12-31(37)25-42-22-19-38-15-7-10-29(35)13-14-32(4,33-5)27(2)3/h27H,6-26H2,1-4H3. The van der Waals surface area contributed by atoms with Crippen LogP contribution < -0.4 is 0 Å². The molecule has 0 N–H and O–H groups in total. The summed E-state index contributed by atoms with van der Waals surface area (Å²) in [6.07, 6.45) is 4.45. The molecule has 1 atom stereocenters. The van der Waals surface area contributed by atoms with E-state index in [-0.39, 0.29) is 48.9 Å². The number of hydrogen-bond acceptors (Lipinski definition) is 10. The molecule has 0 heterocycles. The minimum atomic E-state index is -0.486. The predicted molar refractivity (Wildman–Crippen MR) is 162 cm³/mol. The number of nitrogens with zero attached hydrogens (tertiary/aromatic N) is 1. The van der Waals surface area contributed by atoms with Gasteiger partial charge in [-0.05, 0) is 19.3 Å². The molecule has 0 spiro atoms. The van der Waals surface area contributed by atoms with E-state index in [4.69, 9.17) is 35.0 Å². The number of carbonyl (C=O) groups is 4. The van der Waals surface area contributed by atoms with Crippen LogP contribution in [-0.2, 0) is 47.6 Å². The normalized spacial score (nSPS) is 12.7. The number of rotatable bonds is 32. The first kappa shape index (κ1) is 40.9. The number of Topliss-reactive ketones (excluding diaryl/α,β-unsaturated/α-hetero) is 4. The van der Waals surface area contributed by atoms with Crippen molar-refractivity contribution in [3.05, 3.63) is 11.4 Å². The zero-order valence-electron chi connectivity index (χ0n) is 27.0. The Morgan fingerprint density at radius 3 is 1.33 bits per heavy atom. The molecule has 0 radical (unpaired) electrons. The van der Waals surface area contributed by atoms with Gasteiger partial charge in [0, 0.05) is 71.2 Å². The molecule has 0 aliphatic carbocycles. The number of ketones is 4. The quantitative estimate of drug-likeness (QED) is 0.0803. The zero-order chi connectivity index (χ0) is 32.2. The van der Waals surface area contributed by atoms with E-state index in [1.807, 2.05) is 20.8 Å². The highest BCUT2D eigenvalue weighted by Crippen LogP contribution is 2.27. The van der Waals surface area contributed by atoms with E-state index in [1.54, 1.807) is 6.92 Å². The van der Waals surface area contributed by atoms with E-state index in [0.717, 1.165) is 0 Å². The molecule has 0 aromatic heterocycles. The Morgan fingerprint density at radius 1 is 0.581 bits per heavy atom. The van der Waals surface area contributed by atoms with Crippen LogP contribution in [0.4, 0.5) is 0 Å². The average molecular weight is 614 g/mol. The minimum Gasteiger partial charge on any atom is -0.379 e. The Bertz CT molecular complexity index is 810. The van der Waals surface area contributed by atoms with Crippen LogP contribution in [0.2, 0.25) is 0 Å². The van der Waals surface area contributed by atoms with Gasteiger partial charge in [0.25, 0.3) is 0 Å². The fraction of sp³-hybridized carbons (Fsp3) is 0.844. The summed E-state index contributed by atoms with van der Waals surface area (Å²) in [5.74, 6) is 0.418. The fourth-order valence-electron chi connectivity index (χ4n) is 3.57. The lowest BCUT2D eigenvalue weighted by molar-refractivity contribution is -0.125. The molecule has 0 bridgehead atoms. The van der Waals surface area contributed by atoms with Crippen molar-refractivity contribution in [1.29, 1.82) is 0 Å². The van der Waals surface area contributed by atoms with E-state index in [0.29, 0.717) is 117 Å². The van der Waals surface area contributed by atoms with Gasteiger partial charge in [-0.3, -0.25) is 19.2 Å². The summed E-state index contributed by atoms with van der Waals surface area (Å²) in [7, 11) is 0. The first-order valence-corrected chi connectivity index (χ1v) is 15.6. The lowest BCUT2D eigenvalue weighted by Crippen LogP contribution is -2.28. The van der Waals surface area contributed by atoms with E-state index in [2.05, 4.69) is 4.85 Å². The Labute approximate surface area is 258 Å². The average Bonchev–Trinajstić information content (AvgIpc) is 2.99. The van der Waals surface area contributed by atoms with Crippen LogP contribution in [0.15, 0.2) is 0 Å². The molecular formula is C32H55NO10. The van der Waals surface area contributed by atoms with Crippen LogP contribution in [0, 0.1) is 12.5 Å². The van der Waals surface area contributed by atoms with Crippen LogP contribution in [0.25, 0.3) is 4.85 Å². The molecule has 0 saturated heterocycles. The van der Waals surface area contributed by atoms with Crippen molar-refractivity contribution >= 4 is 23.1 Å². The van der Waals surface area contributed by atoms with Gasteiger partial charge in [-0.2, -0.15) is 0 Å². The minimum absolute atomic E-state index is 0.00193. The second-order valence-corrected chi connectivity index (χ2v) is 10.9. The first-order valence-electron chi connectivity index (χ1n) is 15.6. The third-order valence-corrected chi connectivity index (χ3v) is 6.94. The van der Waals surface area contributed by atoms with Crippen molar-refractivity contribution in [1.82, 2.24) is 0 Å². The van der Waals surface area contributed by atoms with E-state index in [9.17, 15) is 19.2 Å². The van der Waals surface area contributed by atoms with Crippen molar-refractivity contribution in [2.75, 3.05) is 79.3 Å². The van der Waals surface area contributed by atoms with Crippen LogP contribution in [0.3, 0.4) is 0 Å². The van der Waals surface area contributed by atoms with Crippen molar-refractivity contribution in [2.45, 2.75) is 91.0 Å². The molecule has 0 aromatic carbocycles. The fourth-order valence-corrected chi connectivity index (χ4v) is 3.57. The van der Waals surface area contributed by atoms with Crippen LogP contribution >= 0.6 is 0 Å². The van der Waals surface area contributed by atoms with Crippen molar-refractivity contribution < 1.29 is 47.6 Å². The molecule has 11 heteroatoms. The molecule has 0 amide bonds. The summed E-state index contributed by atoms with van der Waals surface area (Å²) in [6, 6.07) is 0. The lowest BCUT2D eigenvalue weighted by atomic mass is 9.84. The molecular weight excluding hydrogens is 558 g/mol. The highest BCUT2D eigenvalue weighted by Gasteiger charge is 2.34. The smallest absolute Gasteiger partial charge is 0.232 e. The molecule has 43 heavy (non-hydrogen) atoms. The molecule has 0 saturated carbocycles. The van der Waals surface area contributed by atoms with Gasteiger partial charge in [-0.25, -0.2) is 6.57 Å². The molecule has 0 aliphatic rings. The van der Waals surface area contributed by atoms with Crippen molar-refractivity contribution in [3.63, 3.8) is 0 Å². The van der Waals surface area contributed by atoms with Crippen molar-refractivity contribution in [3.8, 4) is 0 Å².